The first-order valence-corrected chi connectivity index (χ1v) is 7.63. The molecule has 5 nitrogen and oxygen atoms in total. The fraction of sp³-hybridized carbons (Fsp3) is 0.0625. The number of aromatic nitrogens is 3. The molecular formula is C16H13ClN4OS. The van der Waals surface area contributed by atoms with Gasteiger partial charge in [-0.15, -0.1) is 0 Å². The average Bonchev–Trinajstić information content (AvgIpc) is 2.98. The second-order valence-electron chi connectivity index (χ2n) is 4.73. The van der Waals surface area contributed by atoms with Crippen LogP contribution in [0.5, 0.6) is 5.75 Å². The maximum atomic E-state index is 5.86. The van der Waals surface area contributed by atoms with Gasteiger partial charge in [0.25, 0.3) is 0 Å². The molecule has 0 aliphatic carbocycles. The van der Waals surface area contributed by atoms with Gasteiger partial charge in [0.2, 0.25) is 4.77 Å². The summed E-state index contributed by atoms with van der Waals surface area (Å²) in [6.45, 7) is 0.495. The SMILES string of the molecule is S=c1[nH]ncn1/N=C\c1ccc(OCc2ccc(Cl)cc2)cc1. The number of hydrogen-bond acceptors (Lipinski definition) is 4. The van der Waals surface area contributed by atoms with E-state index in [4.69, 9.17) is 28.6 Å². The van der Waals surface area contributed by atoms with Crippen LogP contribution in [0.3, 0.4) is 0 Å². The van der Waals surface area contributed by atoms with E-state index >= 15 is 0 Å². The van der Waals surface area contributed by atoms with Crippen LogP contribution in [0, 0.1) is 4.77 Å². The fourth-order valence-corrected chi connectivity index (χ4v) is 2.12. The van der Waals surface area contributed by atoms with Crippen LogP contribution in [-0.4, -0.2) is 21.1 Å². The molecule has 0 radical (unpaired) electrons. The molecule has 1 N–H and O–H groups in total. The number of aromatic amines is 1. The summed E-state index contributed by atoms with van der Waals surface area (Å²) in [6, 6.07) is 15.2. The minimum absolute atomic E-state index is 0.448. The number of hydrogen-bond donors (Lipinski definition) is 1. The zero-order valence-corrected chi connectivity index (χ0v) is 13.6. The van der Waals surface area contributed by atoms with Crippen molar-refractivity contribution in [3.63, 3.8) is 0 Å². The topological polar surface area (TPSA) is 55.2 Å². The molecule has 0 atom stereocenters. The van der Waals surface area contributed by atoms with E-state index in [2.05, 4.69) is 15.3 Å². The van der Waals surface area contributed by atoms with Crippen LogP contribution in [0.4, 0.5) is 0 Å². The first-order chi connectivity index (χ1) is 11.2. The highest BCUT2D eigenvalue weighted by molar-refractivity contribution is 7.71. The molecule has 0 aliphatic heterocycles. The van der Waals surface area contributed by atoms with Crippen LogP contribution in [-0.2, 0) is 6.61 Å². The monoisotopic (exact) mass is 344 g/mol. The van der Waals surface area contributed by atoms with E-state index < -0.39 is 0 Å². The highest BCUT2D eigenvalue weighted by Crippen LogP contribution is 2.15. The molecule has 0 spiro atoms. The minimum atomic E-state index is 0.448. The molecule has 0 saturated heterocycles. The summed E-state index contributed by atoms with van der Waals surface area (Å²) in [6.07, 6.45) is 3.22. The molecule has 0 aliphatic rings. The summed E-state index contributed by atoms with van der Waals surface area (Å²) in [5.74, 6) is 0.789. The number of nitrogens with one attached hydrogen (secondary N) is 1. The van der Waals surface area contributed by atoms with Gasteiger partial charge in [0, 0.05) is 5.02 Å². The van der Waals surface area contributed by atoms with Gasteiger partial charge in [-0.2, -0.15) is 14.9 Å². The third kappa shape index (κ3) is 4.28. The van der Waals surface area contributed by atoms with Crippen LogP contribution >= 0.6 is 23.8 Å². The molecule has 116 valence electrons. The van der Waals surface area contributed by atoms with Gasteiger partial charge < -0.3 is 4.74 Å². The van der Waals surface area contributed by atoms with Crippen molar-refractivity contribution in [1.82, 2.24) is 14.9 Å². The molecule has 3 aromatic rings. The second-order valence-corrected chi connectivity index (χ2v) is 5.56. The Bertz CT molecular complexity index is 853. The van der Waals surface area contributed by atoms with Crippen molar-refractivity contribution in [3.8, 4) is 5.75 Å². The lowest BCUT2D eigenvalue weighted by Crippen LogP contribution is -1.95. The van der Waals surface area contributed by atoms with Gasteiger partial charge in [-0.05, 0) is 59.7 Å². The van der Waals surface area contributed by atoms with Crippen molar-refractivity contribution < 1.29 is 4.74 Å². The lowest BCUT2D eigenvalue weighted by molar-refractivity contribution is 0.306. The van der Waals surface area contributed by atoms with E-state index in [0.717, 1.165) is 21.9 Å². The molecule has 3 rings (SSSR count). The molecular weight excluding hydrogens is 332 g/mol. The molecule has 0 bridgehead atoms. The van der Waals surface area contributed by atoms with Gasteiger partial charge in [0.05, 0.1) is 6.21 Å². The lowest BCUT2D eigenvalue weighted by atomic mass is 10.2. The summed E-state index contributed by atoms with van der Waals surface area (Å²) in [7, 11) is 0. The van der Waals surface area contributed by atoms with E-state index in [1.165, 1.54) is 11.0 Å². The van der Waals surface area contributed by atoms with Crippen LogP contribution in [0.2, 0.25) is 5.02 Å². The van der Waals surface area contributed by atoms with Crippen molar-refractivity contribution in [1.29, 1.82) is 0 Å². The Morgan fingerprint density at radius 3 is 2.57 bits per heavy atom. The predicted octanol–water partition coefficient (Wildman–Crippen LogP) is 4.06. The maximum absolute atomic E-state index is 5.86. The van der Waals surface area contributed by atoms with Gasteiger partial charge in [-0.3, -0.25) is 5.10 Å². The Morgan fingerprint density at radius 2 is 1.91 bits per heavy atom. The highest BCUT2D eigenvalue weighted by atomic mass is 35.5. The molecule has 7 heteroatoms. The lowest BCUT2D eigenvalue weighted by Gasteiger charge is -2.06. The predicted molar refractivity (Wildman–Crippen MR) is 92.6 cm³/mol. The summed E-state index contributed by atoms with van der Waals surface area (Å²) >= 11 is 10.9. The van der Waals surface area contributed by atoms with E-state index in [0.29, 0.717) is 11.4 Å². The quantitative estimate of drug-likeness (QED) is 0.561. The normalized spacial score (nSPS) is 11.0. The van der Waals surface area contributed by atoms with Gasteiger partial charge in [-0.25, -0.2) is 0 Å². The van der Waals surface area contributed by atoms with Crippen molar-refractivity contribution in [2.24, 2.45) is 5.10 Å². The third-order valence-electron chi connectivity index (χ3n) is 3.07. The molecule has 0 fully saturated rings. The Hall–Kier alpha value is -2.44. The van der Waals surface area contributed by atoms with Gasteiger partial charge in [0.15, 0.2) is 0 Å². The number of rotatable bonds is 5. The maximum Gasteiger partial charge on any atom is 0.216 e. The van der Waals surface area contributed by atoms with E-state index in [9.17, 15) is 0 Å². The Morgan fingerprint density at radius 1 is 1.17 bits per heavy atom. The van der Waals surface area contributed by atoms with E-state index in [1.807, 2.05) is 48.5 Å². The zero-order chi connectivity index (χ0) is 16.1. The third-order valence-corrected chi connectivity index (χ3v) is 3.60. The Balaban J connectivity index is 1.60. The van der Waals surface area contributed by atoms with Crippen LogP contribution in [0.15, 0.2) is 60.0 Å². The number of ether oxygens (including phenoxy) is 1. The number of nitrogens with zero attached hydrogens (tertiary/aromatic N) is 3. The summed E-state index contributed by atoms with van der Waals surface area (Å²) < 4.78 is 7.67. The first kappa shape index (κ1) is 15.5. The standard InChI is InChI=1S/C16H13ClN4OS/c17-14-5-1-13(2-6-14)10-22-15-7-3-12(4-8-15)9-19-21-11-18-20-16(21)23/h1-9,11H,10H2,(H,20,23)/b19-9-. The van der Waals surface area contributed by atoms with Gasteiger partial charge in [0.1, 0.15) is 18.7 Å². The smallest absolute Gasteiger partial charge is 0.216 e. The Labute approximate surface area is 143 Å². The van der Waals surface area contributed by atoms with Crippen LogP contribution in [0.25, 0.3) is 0 Å². The summed E-state index contributed by atoms with van der Waals surface area (Å²) in [4.78, 5) is 0. The fourth-order valence-electron chi connectivity index (χ4n) is 1.85. The first-order valence-electron chi connectivity index (χ1n) is 6.84. The molecule has 23 heavy (non-hydrogen) atoms. The van der Waals surface area contributed by atoms with Crippen molar-refractivity contribution in [2.45, 2.75) is 6.61 Å². The van der Waals surface area contributed by atoms with Crippen LogP contribution in [0.1, 0.15) is 11.1 Å². The van der Waals surface area contributed by atoms with E-state index in [-0.39, 0.29) is 0 Å². The highest BCUT2D eigenvalue weighted by Gasteiger charge is 1.97. The molecule has 2 aromatic carbocycles. The van der Waals surface area contributed by atoms with Gasteiger partial charge >= 0.3 is 0 Å². The molecule has 0 unspecified atom stereocenters. The zero-order valence-electron chi connectivity index (χ0n) is 12.0. The molecule has 1 heterocycles. The molecule has 1 aromatic heterocycles. The summed E-state index contributed by atoms with van der Waals surface area (Å²) in [5, 5.41) is 11.4. The minimum Gasteiger partial charge on any atom is -0.489 e. The Kier molecular flexibility index (Phi) is 4.85. The van der Waals surface area contributed by atoms with Crippen molar-refractivity contribution >= 4 is 30.0 Å². The number of benzene rings is 2. The second kappa shape index (κ2) is 7.21. The van der Waals surface area contributed by atoms with E-state index in [1.54, 1.807) is 6.21 Å². The average molecular weight is 345 g/mol. The largest absolute Gasteiger partial charge is 0.489 e. The number of H-pyrrole nitrogens is 1. The van der Waals surface area contributed by atoms with Crippen molar-refractivity contribution in [3.05, 3.63) is 75.8 Å². The molecule has 0 saturated carbocycles. The summed E-state index contributed by atoms with van der Waals surface area (Å²) in [5.41, 5.74) is 2.00. The van der Waals surface area contributed by atoms with Gasteiger partial charge in [-0.1, -0.05) is 23.7 Å². The van der Waals surface area contributed by atoms with Crippen LogP contribution < -0.4 is 4.74 Å². The van der Waals surface area contributed by atoms with Crippen molar-refractivity contribution in [2.75, 3.05) is 0 Å². The number of halogens is 1. The molecule has 0 amide bonds.